The first-order valence-electron chi connectivity index (χ1n) is 7.53. The Balaban J connectivity index is 0.000000639. The fourth-order valence-electron chi connectivity index (χ4n) is 3.28. The van der Waals surface area contributed by atoms with E-state index in [9.17, 15) is 0 Å². The maximum atomic E-state index is 2.37. The lowest BCUT2D eigenvalue weighted by molar-refractivity contribution is 0.565. The molecule has 3 rings (SSSR count). The van der Waals surface area contributed by atoms with Gasteiger partial charge in [0.2, 0.25) is 0 Å². The van der Waals surface area contributed by atoms with E-state index < -0.39 is 0 Å². The fraction of sp³-hybridized carbons (Fsp3) is 0.500. The SMILES string of the molecule is C.CC.Cc1ccc2c(c1)C(C)(C)C1=C2C=CC(C)C1. The third-order valence-corrected chi connectivity index (χ3v) is 4.34. The van der Waals surface area contributed by atoms with Crippen LogP contribution < -0.4 is 0 Å². The number of fused-ring (bicyclic) bond motifs is 2. The summed E-state index contributed by atoms with van der Waals surface area (Å²) in [6.45, 7) is 13.2. The maximum absolute atomic E-state index is 2.37. The molecule has 1 atom stereocenters. The highest BCUT2D eigenvalue weighted by molar-refractivity contribution is 5.86. The monoisotopic (exact) mass is 270 g/mol. The second-order valence-electron chi connectivity index (χ2n) is 6.11. The van der Waals surface area contributed by atoms with Crippen LogP contribution in [-0.4, -0.2) is 0 Å². The Morgan fingerprint density at radius 2 is 1.80 bits per heavy atom. The van der Waals surface area contributed by atoms with Gasteiger partial charge in [-0.2, -0.15) is 0 Å². The smallest absolute Gasteiger partial charge is 0.0121 e. The minimum absolute atomic E-state index is 0. The largest absolute Gasteiger partial charge is 0.0808 e. The van der Waals surface area contributed by atoms with Gasteiger partial charge < -0.3 is 0 Å². The van der Waals surface area contributed by atoms with Gasteiger partial charge in [-0.05, 0) is 36.0 Å². The van der Waals surface area contributed by atoms with Crippen LogP contribution >= 0.6 is 0 Å². The van der Waals surface area contributed by atoms with Crippen LogP contribution in [0.25, 0.3) is 5.57 Å². The molecule has 0 radical (unpaired) electrons. The van der Waals surface area contributed by atoms with Crippen molar-refractivity contribution >= 4 is 5.57 Å². The van der Waals surface area contributed by atoms with E-state index in [2.05, 4.69) is 58.0 Å². The summed E-state index contributed by atoms with van der Waals surface area (Å²) in [7, 11) is 0. The van der Waals surface area contributed by atoms with Crippen LogP contribution in [0, 0.1) is 12.8 Å². The van der Waals surface area contributed by atoms with Gasteiger partial charge in [-0.15, -0.1) is 0 Å². The van der Waals surface area contributed by atoms with Crippen LogP contribution in [0.4, 0.5) is 0 Å². The summed E-state index contributed by atoms with van der Waals surface area (Å²) in [4.78, 5) is 0. The Labute approximate surface area is 125 Å². The van der Waals surface area contributed by atoms with Crippen molar-refractivity contribution in [1.82, 2.24) is 0 Å². The van der Waals surface area contributed by atoms with E-state index in [4.69, 9.17) is 0 Å². The van der Waals surface area contributed by atoms with Crippen molar-refractivity contribution in [2.45, 2.75) is 60.8 Å². The molecular weight excluding hydrogens is 240 g/mol. The second kappa shape index (κ2) is 5.99. The lowest BCUT2D eigenvalue weighted by Crippen LogP contribution is -2.19. The number of allylic oxidation sites excluding steroid dienone is 4. The van der Waals surface area contributed by atoms with E-state index in [0.29, 0.717) is 5.92 Å². The van der Waals surface area contributed by atoms with E-state index in [1.54, 1.807) is 5.57 Å². The zero-order valence-corrected chi connectivity index (χ0v) is 13.2. The van der Waals surface area contributed by atoms with E-state index in [0.717, 1.165) is 0 Å². The van der Waals surface area contributed by atoms with Gasteiger partial charge in [-0.3, -0.25) is 0 Å². The molecule has 1 aromatic carbocycles. The maximum Gasteiger partial charge on any atom is 0.0121 e. The van der Waals surface area contributed by atoms with Gasteiger partial charge in [-0.1, -0.05) is 83.5 Å². The van der Waals surface area contributed by atoms with Gasteiger partial charge in [0.25, 0.3) is 0 Å². The van der Waals surface area contributed by atoms with Crippen molar-refractivity contribution < 1.29 is 0 Å². The third-order valence-electron chi connectivity index (χ3n) is 4.34. The quantitative estimate of drug-likeness (QED) is 0.519. The van der Waals surface area contributed by atoms with Crippen LogP contribution in [0.15, 0.2) is 35.9 Å². The van der Waals surface area contributed by atoms with Crippen molar-refractivity contribution in [3.05, 3.63) is 52.6 Å². The van der Waals surface area contributed by atoms with E-state index in [1.807, 2.05) is 13.8 Å². The zero-order valence-electron chi connectivity index (χ0n) is 13.2. The number of rotatable bonds is 0. The highest BCUT2D eigenvalue weighted by Gasteiger charge is 2.38. The molecule has 20 heavy (non-hydrogen) atoms. The van der Waals surface area contributed by atoms with Crippen LogP contribution in [0.3, 0.4) is 0 Å². The Morgan fingerprint density at radius 3 is 2.45 bits per heavy atom. The molecule has 0 spiro atoms. The molecule has 1 unspecified atom stereocenters. The molecule has 0 heteroatoms. The molecule has 0 amide bonds. The van der Waals surface area contributed by atoms with Crippen LogP contribution in [0.1, 0.15) is 65.2 Å². The highest BCUT2D eigenvalue weighted by atomic mass is 14.4. The average Bonchev–Trinajstić information content (AvgIpc) is 2.61. The normalized spacial score (nSPS) is 21.4. The summed E-state index contributed by atoms with van der Waals surface area (Å²) >= 11 is 0. The van der Waals surface area contributed by atoms with Gasteiger partial charge in [0.15, 0.2) is 0 Å². The van der Waals surface area contributed by atoms with E-state index in [-0.39, 0.29) is 12.8 Å². The molecule has 2 aliphatic carbocycles. The molecule has 0 aliphatic heterocycles. The summed E-state index contributed by atoms with van der Waals surface area (Å²) in [5, 5.41) is 0. The third kappa shape index (κ3) is 2.49. The van der Waals surface area contributed by atoms with Crippen LogP contribution in [-0.2, 0) is 5.41 Å². The molecule has 0 bridgehead atoms. The molecule has 0 heterocycles. The molecular formula is C20H30. The number of hydrogen-bond acceptors (Lipinski definition) is 0. The molecule has 2 aliphatic rings. The summed E-state index contributed by atoms with van der Waals surface area (Å²) < 4.78 is 0. The Hall–Kier alpha value is -1.30. The Bertz CT molecular complexity index is 541. The number of hydrogen-bond donors (Lipinski definition) is 0. The van der Waals surface area contributed by atoms with Gasteiger partial charge in [0, 0.05) is 5.41 Å². The minimum Gasteiger partial charge on any atom is -0.0808 e. The molecule has 0 saturated heterocycles. The first kappa shape index (κ1) is 16.8. The first-order valence-corrected chi connectivity index (χ1v) is 7.53. The summed E-state index contributed by atoms with van der Waals surface area (Å²) in [5.41, 5.74) is 7.68. The fourth-order valence-corrected chi connectivity index (χ4v) is 3.28. The molecule has 0 nitrogen and oxygen atoms in total. The standard InChI is InChI=1S/C17H20.C2H6.CH4/c1-11-5-7-13-14-8-6-12(2)10-16(14)17(3,4)15(13)9-11;1-2;/h5-9,12H,10H2,1-4H3;1-2H3;1H4. The topological polar surface area (TPSA) is 0 Å². The molecule has 0 N–H and O–H groups in total. The van der Waals surface area contributed by atoms with Gasteiger partial charge >= 0.3 is 0 Å². The molecule has 1 aromatic rings. The van der Waals surface area contributed by atoms with Crippen LogP contribution in [0.2, 0.25) is 0 Å². The van der Waals surface area contributed by atoms with Crippen molar-refractivity contribution in [2.24, 2.45) is 5.92 Å². The Kier molecular flexibility index (Phi) is 5.02. The first-order chi connectivity index (χ1) is 9.00. The van der Waals surface area contributed by atoms with Crippen LogP contribution in [0.5, 0.6) is 0 Å². The van der Waals surface area contributed by atoms with Crippen molar-refractivity contribution in [3.8, 4) is 0 Å². The van der Waals surface area contributed by atoms with Gasteiger partial charge in [-0.25, -0.2) is 0 Å². The lowest BCUT2D eigenvalue weighted by Gasteiger charge is -2.27. The van der Waals surface area contributed by atoms with Gasteiger partial charge in [0.1, 0.15) is 0 Å². The summed E-state index contributed by atoms with van der Waals surface area (Å²) in [5.74, 6) is 0.684. The predicted molar refractivity (Wildman–Crippen MR) is 92.1 cm³/mol. The molecule has 110 valence electrons. The number of aryl methyl sites for hydroxylation is 1. The van der Waals surface area contributed by atoms with Crippen molar-refractivity contribution in [2.75, 3.05) is 0 Å². The highest BCUT2D eigenvalue weighted by Crippen LogP contribution is 2.50. The minimum atomic E-state index is 0. The second-order valence-corrected chi connectivity index (χ2v) is 6.11. The molecule has 0 aromatic heterocycles. The summed E-state index contributed by atoms with van der Waals surface area (Å²) in [6.07, 6.45) is 5.91. The van der Waals surface area contributed by atoms with E-state index in [1.165, 1.54) is 28.7 Å². The molecule has 0 fully saturated rings. The van der Waals surface area contributed by atoms with Crippen molar-refractivity contribution in [3.63, 3.8) is 0 Å². The van der Waals surface area contributed by atoms with E-state index >= 15 is 0 Å². The molecule has 0 saturated carbocycles. The lowest BCUT2D eigenvalue weighted by atomic mass is 9.76. The van der Waals surface area contributed by atoms with Gasteiger partial charge in [0.05, 0.1) is 0 Å². The summed E-state index contributed by atoms with van der Waals surface area (Å²) in [6, 6.07) is 6.90. The average molecular weight is 270 g/mol. The number of benzene rings is 1. The van der Waals surface area contributed by atoms with Crippen molar-refractivity contribution in [1.29, 1.82) is 0 Å². The Morgan fingerprint density at radius 1 is 1.15 bits per heavy atom. The predicted octanol–water partition coefficient (Wildman–Crippen LogP) is 6.30. The zero-order chi connectivity index (χ0) is 14.2.